The summed E-state index contributed by atoms with van der Waals surface area (Å²) in [6, 6.07) is 15.5. The fourth-order valence-electron chi connectivity index (χ4n) is 3.59. The highest BCUT2D eigenvalue weighted by atomic mass is 16.1. The molecule has 4 aromatic rings. The van der Waals surface area contributed by atoms with Crippen LogP contribution in [-0.2, 0) is 6.54 Å². The molecule has 4 rings (SSSR count). The molecule has 30 heavy (non-hydrogen) atoms. The summed E-state index contributed by atoms with van der Waals surface area (Å²) in [5.74, 6) is -0.227. The summed E-state index contributed by atoms with van der Waals surface area (Å²) < 4.78 is 1.38. The Morgan fingerprint density at radius 2 is 1.90 bits per heavy atom. The van der Waals surface area contributed by atoms with Crippen molar-refractivity contribution in [3.8, 4) is 11.3 Å². The van der Waals surface area contributed by atoms with Gasteiger partial charge < -0.3 is 5.32 Å². The van der Waals surface area contributed by atoms with Crippen molar-refractivity contribution in [2.24, 2.45) is 0 Å². The van der Waals surface area contributed by atoms with Gasteiger partial charge in [-0.2, -0.15) is 5.10 Å². The van der Waals surface area contributed by atoms with Gasteiger partial charge in [-0.1, -0.05) is 48.0 Å². The van der Waals surface area contributed by atoms with E-state index in [4.69, 9.17) is 0 Å². The predicted octanol–water partition coefficient (Wildman–Crippen LogP) is 4.73. The largest absolute Gasteiger partial charge is 0.349 e. The average molecular weight is 398 g/mol. The number of hydrogen-bond donors (Lipinski definition) is 1. The van der Waals surface area contributed by atoms with E-state index in [-0.39, 0.29) is 22.6 Å². The van der Waals surface area contributed by atoms with E-state index in [9.17, 15) is 9.59 Å². The van der Waals surface area contributed by atoms with Gasteiger partial charge in [-0.15, -0.1) is 0 Å². The van der Waals surface area contributed by atoms with Crippen LogP contribution in [0.15, 0.2) is 65.7 Å². The van der Waals surface area contributed by atoms with Crippen molar-refractivity contribution in [3.63, 3.8) is 0 Å². The lowest BCUT2D eigenvalue weighted by atomic mass is 10.0. The lowest BCUT2D eigenvalue weighted by Crippen LogP contribution is -2.28. The van der Waals surface area contributed by atoms with Gasteiger partial charge >= 0.3 is 0 Å². The third-order valence-corrected chi connectivity index (χ3v) is 5.03. The third kappa shape index (κ3) is 3.48. The molecule has 0 unspecified atom stereocenters. The Hall–Kier alpha value is -3.80. The Balaban J connectivity index is 2.00. The molecule has 0 saturated heterocycles. The Labute approximate surface area is 174 Å². The summed E-state index contributed by atoms with van der Waals surface area (Å²) in [7, 11) is 0. The van der Waals surface area contributed by atoms with Gasteiger partial charge in [0.2, 0.25) is 0 Å². The van der Waals surface area contributed by atoms with Crippen molar-refractivity contribution in [1.82, 2.24) is 14.8 Å². The van der Waals surface area contributed by atoms with E-state index in [1.807, 2.05) is 62.4 Å². The number of fused-ring (bicyclic) bond motifs is 1. The van der Waals surface area contributed by atoms with Crippen LogP contribution in [0.25, 0.3) is 22.0 Å². The zero-order valence-corrected chi connectivity index (χ0v) is 17.1. The predicted molar refractivity (Wildman–Crippen MR) is 119 cm³/mol. The van der Waals surface area contributed by atoms with Crippen LogP contribution in [0.1, 0.15) is 29.8 Å². The SMILES string of the molecule is CCn1nc(-c2cccc(C)c2)c(C(C)=O)c(Nc2cncc3ccccc23)c1=O. The van der Waals surface area contributed by atoms with E-state index in [1.165, 1.54) is 11.6 Å². The highest BCUT2D eigenvalue weighted by molar-refractivity contribution is 6.06. The van der Waals surface area contributed by atoms with Crippen LogP contribution in [0.2, 0.25) is 0 Å². The van der Waals surface area contributed by atoms with Gasteiger partial charge in [-0.05, 0) is 26.8 Å². The van der Waals surface area contributed by atoms with Crippen LogP contribution in [0.5, 0.6) is 0 Å². The first kappa shape index (κ1) is 19.5. The molecule has 6 heteroatoms. The molecule has 0 amide bonds. The van der Waals surface area contributed by atoms with Crippen LogP contribution in [0, 0.1) is 6.92 Å². The van der Waals surface area contributed by atoms with Crippen molar-refractivity contribution >= 4 is 27.9 Å². The summed E-state index contributed by atoms with van der Waals surface area (Å²) in [6.45, 7) is 5.68. The highest BCUT2D eigenvalue weighted by Gasteiger charge is 2.22. The van der Waals surface area contributed by atoms with Gasteiger partial charge in [0, 0.05) is 29.1 Å². The van der Waals surface area contributed by atoms with Crippen LogP contribution in [0.4, 0.5) is 11.4 Å². The van der Waals surface area contributed by atoms with Gasteiger partial charge in [0.05, 0.1) is 17.4 Å². The van der Waals surface area contributed by atoms with Gasteiger partial charge in [0.1, 0.15) is 11.4 Å². The second kappa shape index (κ2) is 7.91. The quantitative estimate of drug-likeness (QED) is 0.492. The molecule has 0 saturated carbocycles. The number of nitrogens with one attached hydrogen (secondary N) is 1. The number of Topliss-reactive ketones (excluding diaryl/α,β-unsaturated/α-hetero) is 1. The van der Waals surface area contributed by atoms with Crippen molar-refractivity contribution < 1.29 is 4.79 Å². The van der Waals surface area contributed by atoms with E-state index in [1.54, 1.807) is 12.4 Å². The number of ketones is 1. The molecular weight excluding hydrogens is 376 g/mol. The van der Waals surface area contributed by atoms with Crippen LogP contribution in [0.3, 0.4) is 0 Å². The zero-order valence-electron chi connectivity index (χ0n) is 17.1. The molecule has 0 fully saturated rings. The molecule has 1 N–H and O–H groups in total. The first-order chi connectivity index (χ1) is 14.5. The Bertz CT molecular complexity index is 1320. The molecule has 0 radical (unpaired) electrons. The smallest absolute Gasteiger partial charge is 0.291 e. The third-order valence-electron chi connectivity index (χ3n) is 5.03. The second-order valence-electron chi connectivity index (χ2n) is 7.18. The molecule has 0 aliphatic carbocycles. The maximum atomic E-state index is 13.2. The second-order valence-corrected chi connectivity index (χ2v) is 7.18. The monoisotopic (exact) mass is 398 g/mol. The topological polar surface area (TPSA) is 76.9 Å². The number of aromatic nitrogens is 3. The minimum absolute atomic E-state index is 0.217. The minimum atomic E-state index is -0.341. The number of aryl methyl sites for hydroxylation is 2. The molecule has 2 aromatic carbocycles. The van der Waals surface area contributed by atoms with E-state index in [0.717, 1.165) is 21.9 Å². The molecule has 0 bridgehead atoms. The van der Waals surface area contributed by atoms with Crippen molar-refractivity contribution in [2.45, 2.75) is 27.3 Å². The Morgan fingerprint density at radius 1 is 1.10 bits per heavy atom. The van der Waals surface area contributed by atoms with Gasteiger partial charge in [0.25, 0.3) is 5.56 Å². The fraction of sp³-hybridized carbons (Fsp3) is 0.167. The highest BCUT2D eigenvalue weighted by Crippen LogP contribution is 2.30. The summed E-state index contributed by atoms with van der Waals surface area (Å²) >= 11 is 0. The number of carbonyl (C=O) groups excluding carboxylic acids is 1. The normalized spacial score (nSPS) is 10.9. The van der Waals surface area contributed by atoms with E-state index < -0.39 is 0 Å². The molecule has 0 aliphatic rings. The standard InChI is InChI=1S/C24H22N4O2/c1-4-28-24(30)23(26-20-14-25-13-18-9-5-6-11-19(18)20)21(16(3)29)22(27-28)17-10-7-8-15(2)12-17/h5-14,26H,4H2,1-3H3. The molecule has 6 nitrogen and oxygen atoms in total. The van der Waals surface area contributed by atoms with Crippen LogP contribution < -0.4 is 10.9 Å². The molecule has 0 aliphatic heterocycles. The molecule has 0 atom stereocenters. The number of anilines is 2. The molecular formula is C24H22N4O2. The molecule has 0 spiro atoms. The van der Waals surface area contributed by atoms with E-state index >= 15 is 0 Å². The van der Waals surface area contributed by atoms with Crippen molar-refractivity contribution in [1.29, 1.82) is 0 Å². The fourth-order valence-corrected chi connectivity index (χ4v) is 3.59. The van der Waals surface area contributed by atoms with Crippen LogP contribution in [-0.4, -0.2) is 20.5 Å². The number of rotatable bonds is 5. The number of hydrogen-bond acceptors (Lipinski definition) is 5. The lowest BCUT2D eigenvalue weighted by molar-refractivity contribution is 0.101. The Kier molecular flexibility index (Phi) is 5.14. The maximum absolute atomic E-state index is 13.2. The van der Waals surface area contributed by atoms with E-state index in [2.05, 4.69) is 15.4 Å². The molecule has 150 valence electrons. The molecule has 2 aromatic heterocycles. The summed E-state index contributed by atoms with van der Waals surface area (Å²) in [5.41, 5.74) is 3.15. The first-order valence-corrected chi connectivity index (χ1v) is 9.82. The summed E-state index contributed by atoms with van der Waals surface area (Å²) in [6.07, 6.45) is 3.43. The van der Waals surface area contributed by atoms with Crippen molar-refractivity contribution in [3.05, 3.63) is 82.4 Å². The van der Waals surface area contributed by atoms with Gasteiger partial charge in [0.15, 0.2) is 5.78 Å². The first-order valence-electron chi connectivity index (χ1n) is 9.82. The number of pyridine rings is 1. The maximum Gasteiger partial charge on any atom is 0.291 e. The lowest BCUT2D eigenvalue weighted by Gasteiger charge is -2.17. The molecule has 2 heterocycles. The summed E-state index contributed by atoms with van der Waals surface area (Å²) in [4.78, 5) is 30.2. The number of nitrogens with zero attached hydrogens (tertiary/aromatic N) is 3. The number of carbonyl (C=O) groups is 1. The average Bonchev–Trinajstić information content (AvgIpc) is 2.75. The van der Waals surface area contributed by atoms with Gasteiger partial charge in [-0.25, -0.2) is 4.68 Å². The number of benzene rings is 2. The van der Waals surface area contributed by atoms with Crippen molar-refractivity contribution in [2.75, 3.05) is 5.32 Å². The minimum Gasteiger partial charge on any atom is -0.349 e. The van der Waals surface area contributed by atoms with Gasteiger partial charge in [-0.3, -0.25) is 14.6 Å². The van der Waals surface area contributed by atoms with E-state index in [0.29, 0.717) is 17.9 Å². The van der Waals surface area contributed by atoms with Crippen LogP contribution >= 0.6 is 0 Å². The zero-order chi connectivity index (χ0) is 21.3. The Morgan fingerprint density at radius 3 is 2.63 bits per heavy atom. The summed E-state index contributed by atoms with van der Waals surface area (Å²) in [5, 5.41) is 9.58.